The first-order chi connectivity index (χ1) is 12.9. The van der Waals surface area contributed by atoms with Crippen LogP contribution in [0.3, 0.4) is 0 Å². The van der Waals surface area contributed by atoms with E-state index in [4.69, 9.17) is 0 Å². The number of hydrogen-bond acceptors (Lipinski definition) is 5. The van der Waals surface area contributed by atoms with E-state index in [9.17, 15) is 23.5 Å². The Morgan fingerprint density at radius 3 is 2.67 bits per heavy atom. The molecule has 0 aromatic heterocycles. The Hall–Kier alpha value is -3.42. The van der Waals surface area contributed by atoms with Gasteiger partial charge < -0.3 is 20.2 Å². The molecule has 2 N–H and O–H groups in total. The molecule has 2 heterocycles. The third-order valence-electron chi connectivity index (χ3n) is 4.66. The van der Waals surface area contributed by atoms with Crippen LogP contribution in [0.5, 0.6) is 5.75 Å². The predicted octanol–water partition coefficient (Wildman–Crippen LogP) is 2.75. The van der Waals surface area contributed by atoms with Crippen molar-refractivity contribution in [1.29, 1.82) is 0 Å². The van der Waals surface area contributed by atoms with E-state index >= 15 is 0 Å². The van der Waals surface area contributed by atoms with E-state index in [-0.39, 0.29) is 29.2 Å². The fraction of sp³-hybridized carbons (Fsp3) is 0.158. The van der Waals surface area contributed by atoms with E-state index in [2.05, 4.69) is 5.32 Å². The quantitative estimate of drug-likeness (QED) is 0.627. The summed E-state index contributed by atoms with van der Waals surface area (Å²) in [5.74, 6) is -2.32. The minimum absolute atomic E-state index is 0.106. The van der Waals surface area contributed by atoms with Crippen LogP contribution in [0.25, 0.3) is 0 Å². The molecule has 2 aromatic rings. The highest BCUT2D eigenvalue weighted by atomic mass is 19.1. The monoisotopic (exact) mass is 371 g/mol. The Morgan fingerprint density at radius 1 is 1.15 bits per heavy atom. The molecule has 6 nitrogen and oxygen atoms in total. The summed E-state index contributed by atoms with van der Waals surface area (Å²) < 4.78 is 27.6. The molecule has 2 aromatic carbocycles. The number of nitrogens with zero attached hydrogens (tertiary/aromatic N) is 2. The normalized spacial score (nSPS) is 15.7. The highest BCUT2D eigenvalue weighted by molar-refractivity contribution is 6.25. The van der Waals surface area contributed by atoms with Gasteiger partial charge in [0.15, 0.2) is 5.78 Å². The van der Waals surface area contributed by atoms with Gasteiger partial charge in [-0.2, -0.15) is 0 Å². The van der Waals surface area contributed by atoms with Crippen LogP contribution in [-0.2, 0) is 9.59 Å². The highest BCUT2D eigenvalue weighted by Gasteiger charge is 2.39. The van der Waals surface area contributed by atoms with Crippen LogP contribution >= 0.6 is 0 Å². The smallest absolute Gasteiger partial charge is 0.263 e. The summed E-state index contributed by atoms with van der Waals surface area (Å²) in [5.41, 5.74) is 0.969. The van der Waals surface area contributed by atoms with E-state index in [0.717, 1.165) is 6.07 Å². The molecule has 0 spiro atoms. The van der Waals surface area contributed by atoms with Crippen LogP contribution in [0.4, 0.5) is 25.8 Å². The molecule has 0 aliphatic carbocycles. The van der Waals surface area contributed by atoms with Gasteiger partial charge in [0.05, 0.1) is 17.1 Å². The van der Waals surface area contributed by atoms with Crippen molar-refractivity contribution >= 4 is 28.8 Å². The fourth-order valence-electron chi connectivity index (χ4n) is 3.41. The Kier molecular flexibility index (Phi) is 3.83. The van der Waals surface area contributed by atoms with Crippen molar-refractivity contribution < 1.29 is 23.5 Å². The Balaban J connectivity index is 1.76. The molecular weight excluding hydrogens is 356 g/mol. The van der Waals surface area contributed by atoms with Crippen molar-refractivity contribution in [3.8, 4) is 5.75 Å². The Bertz CT molecular complexity index is 1020. The average Bonchev–Trinajstić information content (AvgIpc) is 2.89. The number of hydrogen-bond donors (Lipinski definition) is 2. The predicted molar refractivity (Wildman–Crippen MR) is 95.5 cm³/mol. The number of phenolic OH excluding ortho intramolecular Hbond substituents is 1. The van der Waals surface area contributed by atoms with Gasteiger partial charge in [-0.3, -0.25) is 9.59 Å². The number of fused-ring (bicyclic) bond motifs is 3. The van der Waals surface area contributed by atoms with Crippen LogP contribution in [-0.4, -0.2) is 30.4 Å². The largest absolute Gasteiger partial charge is 0.508 e. The van der Waals surface area contributed by atoms with Crippen LogP contribution in [0.1, 0.15) is 6.42 Å². The van der Waals surface area contributed by atoms with E-state index < -0.39 is 17.5 Å². The standard InChI is InChI=1S/C19H15F2N3O3/c1-23-15-8-10(20)2-5-14(15)24-7-6-16(26)17(19(23)24)18(27)22-13-4-3-11(25)9-12(13)21/h2-5,8-9,25H,6-7H2,1H3,(H,22,27). The first-order valence-electron chi connectivity index (χ1n) is 8.25. The number of nitrogens with one attached hydrogen (secondary N) is 1. The molecule has 0 radical (unpaired) electrons. The fourth-order valence-corrected chi connectivity index (χ4v) is 3.41. The van der Waals surface area contributed by atoms with Crippen molar-refractivity contribution in [3.63, 3.8) is 0 Å². The molecule has 0 bridgehead atoms. The molecular formula is C19H15F2N3O3. The zero-order chi connectivity index (χ0) is 19.3. The van der Waals surface area contributed by atoms with Crippen molar-refractivity contribution in [3.05, 3.63) is 59.4 Å². The number of carbonyl (C=O) groups is 2. The molecule has 8 heteroatoms. The van der Waals surface area contributed by atoms with Gasteiger partial charge in [0.1, 0.15) is 28.8 Å². The summed E-state index contributed by atoms with van der Waals surface area (Å²) in [7, 11) is 1.64. The zero-order valence-corrected chi connectivity index (χ0v) is 14.3. The van der Waals surface area contributed by atoms with Crippen LogP contribution in [0.15, 0.2) is 47.8 Å². The topological polar surface area (TPSA) is 72.9 Å². The van der Waals surface area contributed by atoms with Gasteiger partial charge >= 0.3 is 0 Å². The molecule has 138 valence electrons. The lowest BCUT2D eigenvalue weighted by atomic mass is 10.0. The maximum atomic E-state index is 13.9. The highest BCUT2D eigenvalue weighted by Crippen LogP contribution is 2.44. The summed E-state index contributed by atoms with van der Waals surface area (Å²) >= 11 is 0. The average molecular weight is 371 g/mol. The maximum Gasteiger partial charge on any atom is 0.263 e. The molecule has 0 unspecified atom stereocenters. The van der Waals surface area contributed by atoms with Crippen molar-refractivity contribution in [2.24, 2.45) is 0 Å². The summed E-state index contributed by atoms with van der Waals surface area (Å²) in [6, 6.07) is 7.55. The molecule has 1 amide bonds. The molecule has 0 saturated heterocycles. The first-order valence-corrected chi connectivity index (χ1v) is 8.25. The Labute approximate surface area is 153 Å². The zero-order valence-electron chi connectivity index (χ0n) is 14.3. The molecule has 4 rings (SSSR count). The number of rotatable bonds is 2. The number of Topliss-reactive ketones (excluding diaryl/α,β-unsaturated/α-hetero) is 1. The first kappa shape index (κ1) is 17.0. The van der Waals surface area contributed by atoms with Crippen LogP contribution in [0.2, 0.25) is 0 Å². The van der Waals surface area contributed by atoms with Gasteiger partial charge in [-0.25, -0.2) is 8.78 Å². The summed E-state index contributed by atoms with van der Waals surface area (Å²) in [6.45, 7) is 0.363. The van der Waals surface area contributed by atoms with Crippen molar-refractivity contribution in [2.45, 2.75) is 6.42 Å². The molecule has 0 saturated carbocycles. The van der Waals surface area contributed by atoms with Gasteiger partial charge in [0, 0.05) is 26.1 Å². The number of phenols is 1. The summed E-state index contributed by atoms with van der Waals surface area (Å²) in [6.07, 6.45) is 0.106. The third kappa shape index (κ3) is 2.69. The van der Waals surface area contributed by atoms with E-state index in [0.29, 0.717) is 23.7 Å². The van der Waals surface area contributed by atoms with E-state index in [1.54, 1.807) is 22.9 Å². The molecule has 27 heavy (non-hydrogen) atoms. The number of carbonyl (C=O) groups excluding carboxylic acids is 2. The van der Waals surface area contributed by atoms with E-state index in [1.165, 1.54) is 24.3 Å². The second-order valence-corrected chi connectivity index (χ2v) is 6.33. The minimum Gasteiger partial charge on any atom is -0.508 e. The van der Waals surface area contributed by atoms with E-state index in [1.807, 2.05) is 0 Å². The number of amides is 1. The lowest BCUT2D eigenvalue weighted by Crippen LogP contribution is -2.39. The molecule has 2 aliphatic rings. The number of anilines is 3. The number of aromatic hydroxyl groups is 1. The SMILES string of the molecule is CN1C2=C(C(=O)Nc3ccc(O)cc3F)C(=O)CCN2c2ccc(F)cc21. The number of ketones is 1. The maximum absolute atomic E-state index is 13.9. The minimum atomic E-state index is -0.820. The van der Waals surface area contributed by atoms with Gasteiger partial charge in [0.2, 0.25) is 0 Å². The number of halogens is 2. The van der Waals surface area contributed by atoms with Gasteiger partial charge in [0.25, 0.3) is 5.91 Å². The lowest BCUT2D eigenvalue weighted by Gasteiger charge is -2.29. The molecule has 0 fully saturated rings. The van der Waals surface area contributed by atoms with Crippen molar-refractivity contribution in [2.75, 3.05) is 28.7 Å². The Morgan fingerprint density at radius 2 is 1.93 bits per heavy atom. The van der Waals surface area contributed by atoms with Gasteiger partial charge in [-0.05, 0) is 30.3 Å². The van der Waals surface area contributed by atoms with Crippen LogP contribution < -0.4 is 15.1 Å². The summed E-state index contributed by atoms with van der Waals surface area (Å²) in [5, 5.41) is 11.7. The van der Waals surface area contributed by atoms with Crippen LogP contribution in [0, 0.1) is 11.6 Å². The number of benzene rings is 2. The second kappa shape index (κ2) is 6.08. The molecule has 0 atom stereocenters. The third-order valence-corrected chi connectivity index (χ3v) is 4.66. The summed E-state index contributed by atoms with van der Waals surface area (Å²) in [4.78, 5) is 28.6. The lowest BCUT2D eigenvalue weighted by molar-refractivity contribution is -0.120. The molecule has 2 aliphatic heterocycles. The second-order valence-electron chi connectivity index (χ2n) is 6.33. The van der Waals surface area contributed by atoms with Crippen molar-refractivity contribution in [1.82, 2.24) is 0 Å². The van der Waals surface area contributed by atoms with Gasteiger partial charge in [-0.15, -0.1) is 0 Å². The van der Waals surface area contributed by atoms with Gasteiger partial charge in [-0.1, -0.05) is 0 Å².